The van der Waals surface area contributed by atoms with Gasteiger partial charge < -0.3 is 26.2 Å². The van der Waals surface area contributed by atoms with Gasteiger partial charge in [0.15, 0.2) is 5.82 Å². The second kappa shape index (κ2) is 6.89. The van der Waals surface area contributed by atoms with Gasteiger partial charge in [0.2, 0.25) is 0 Å². The first-order chi connectivity index (χ1) is 9.71. The number of nitrogens with two attached hydrogens (primary N) is 1. The fourth-order valence-electron chi connectivity index (χ4n) is 2.12. The maximum Gasteiger partial charge on any atom is 0.151 e. The smallest absolute Gasteiger partial charge is 0.151 e. The van der Waals surface area contributed by atoms with Gasteiger partial charge in [-0.05, 0) is 6.26 Å². The molecule has 0 aliphatic heterocycles. The molecule has 0 saturated carbocycles. The number of nitrogens with zero attached hydrogens (tertiary/aromatic N) is 2. The summed E-state index contributed by atoms with van der Waals surface area (Å²) in [4.78, 5) is 11.2. The van der Waals surface area contributed by atoms with Crippen molar-refractivity contribution < 1.29 is 10.2 Å². The quantitative estimate of drug-likeness (QED) is 0.483. The molecule has 0 aliphatic carbocycles. The van der Waals surface area contributed by atoms with Gasteiger partial charge in [-0.1, -0.05) is 0 Å². The topological polar surface area (TPSA) is 120 Å². The summed E-state index contributed by atoms with van der Waals surface area (Å²) in [5, 5.41) is 22.2. The zero-order valence-corrected chi connectivity index (χ0v) is 12.0. The van der Waals surface area contributed by atoms with E-state index in [1.165, 1.54) is 6.33 Å². The number of nitrogen functional groups attached to an aromatic ring is 1. The number of nitrogens with one attached hydrogen (secondary N) is 2. The molecule has 7 nitrogen and oxygen atoms in total. The molecule has 0 bridgehead atoms. The Hall–Kier alpha value is -1.35. The first-order valence-corrected chi connectivity index (χ1v) is 7.64. The van der Waals surface area contributed by atoms with Gasteiger partial charge in [0.05, 0.1) is 24.8 Å². The van der Waals surface area contributed by atoms with Crippen molar-refractivity contribution in [3.63, 3.8) is 0 Å². The molecular weight excluding hydrogens is 278 g/mol. The molecule has 0 aliphatic rings. The maximum atomic E-state index is 9.60. The molecule has 6 N–H and O–H groups in total. The summed E-state index contributed by atoms with van der Waals surface area (Å²) in [6.45, 7) is -0.0848. The molecule has 2 unspecified atom stereocenters. The SMILES string of the molecule is CSCC(CO)NC(CO)c1c[nH]c2c(N)ncnc12. The molecule has 110 valence electrons. The minimum atomic E-state index is -0.317. The number of H-pyrrole nitrogens is 1. The number of aromatic amines is 1. The van der Waals surface area contributed by atoms with Gasteiger partial charge in [-0.25, -0.2) is 9.97 Å². The maximum absolute atomic E-state index is 9.60. The highest BCUT2D eigenvalue weighted by Gasteiger charge is 2.20. The Morgan fingerprint density at radius 3 is 2.85 bits per heavy atom. The molecule has 0 aromatic carbocycles. The lowest BCUT2D eigenvalue weighted by molar-refractivity contribution is 0.202. The van der Waals surface area contributed by atoms with Crippen LogP contribution in [0, 0.1) is 0 Å². The number of aromatic nitrogens is 3. The monoisotopic (exact) mass is 297 g/mol. The summed E-state index contributed by atoms with van der Waals surface area (Å²) in [5.41, 5.74) is 7.94. The third kappa shape index (κ3) is 3.04. The summed E-state index contributed by atoms with van der Waals surface area (Å²) in [6.07, 6.45) is 5.13. The third-order valence-corrected chi connectivity index (χ3v) is 3.84. The molecule has 2 atom stereocenters. The van der Waals surface area contributed by atoms with E-state index >= 15 is 0 Å². The van der Waals surface area contributed by atoms with Crippen molar-refractivity contribution >= 4 is 28.6 Å². The number of fused-ring (bicyclic) bond motifs is 1. The van der Waals surface area contributed by atoms with Crippen LogP contribution in [0.25, 0.3) is 11.0 Å². The van der Waals surface area contributed by atoms with Crippen LogP contribution in [0.4, 0.5) is 5.82 Å². The van der Waals surface area contributed by atoms with Gasteiger partial charge in [-0.2, -0.15) is 11.8 Å². The Morgan fingerprint density at radius 2 is 2.20 bits per heavy atom. The van der Waals surface area contributed by atoms with Crippen LogP contribution in [-0.4, -0.2) is 56.4 Å². The minimum absolute atomic E-state index is 0.0107. The Labute approximate surface area is 121 Å². The number of rotatable bonds is 7. The molecule has 2 heterocycles. The molecule has 0 spiro atoms. The number of aliphatic hydroxyl groups excluding tert-OH is 2. The molecule has 8 heteroatoms. The van der Waals surface area contributed by atoms with Gasteiger partial charge >= 0.3 is 0 Å². The molecule has 2 aromatic heterocycles. The molecule has 20 heavy (non-hydrogen) atoms. The van der Waals surface area contributed by atoms with E-state index in [0.717, 1.165) is 11.3 Å². The normalized spacial score (nSPS) is 14.6. The Kier molecular flexibility index (Phi) is 5.18. The zero-order chi connectivity index (χ0) is 14.5. The Bertz CT molecular complexity index is 562. The number of aliphatic hydroxyl groups is 2. The van der Waals surface area contributed by atoms with Crippen molar-refractivity contribution in [2.24, 2.45) is 0 Å². The van der Waals surface area contributed by atoms with E-state index in [1.54, 1.807) is 18.0 Å². The summed E-state index contributed by atoms with van der Waals surface area (Å²) < 4.78 is 0. The van der Waals surface area contributed by atoms with E-state index in [-0.39, 0.29) is 25.3 Å². The van der Waals surface area contributed by atoms with Crippen LogP contribution in [0.3, 0.4) is 0 Å². The van der Waals surface area contributed by atoms with E-state index in [2.05, 4.69) is 20.3 Å². The minimum Gasteiger partial charge on any atom is -0.395 e. The molecule has 0 radical (unpaired) electrons. The average molecular weight is 297 g/mol. The van der Waals surface area contributed by atoms with Gasteiger partial charge in [0.1, 0.15) is 11.8 Å². The van der Waals surface area contributed by atoms with Gasteiger partial charge in [-0.3, -0.25) is 0 Å². The lowest BCUT2D eigenvalue weighted by atomic mass is 10.1. The highest BCUT2D eigenvalue weighted by Crippen LogP contribution is 2.24. The zero-order valence-electron chi connectivity index (χ0n) is 11.2. The van der Waals surface area contributed by atoms with Crippen molar-refractivity contribution in [1.29, 1.82) is 0 Å². The molecule has 2 aromatic rings. The largest absolute Gasteiger partial charge is 0.395 e. The second-order valence-corrected chi connectivity index (χ2v) is 5.37. The van der Waals surface area contributed by atoms with Gasteiger partial charge in [-0.15, -0.1) is 0 Å². The molecular formula is C12H19N5O2S. The molecule has 0 saturated heterocycles. The van der Waals surface area contributed by atoms with E-state index in [1.807, 2.05) is 6.26 Å². The van der Waals surface area contributed by atoms with Gasteiger partial charge in [0.25, 0.3) is 0 Å². The van der Waals surface area contributed by atoms with Crippen LogP contribution < -0.4 is 11.1 Å². The first-order valence-electron chi connectivity index (χ1n) is 6.25. The predicted octanol–water partition coefficient (Wildman–Crippen LogP) is -0.113. The molecule has 0 amide bonds. The van der Waals surface area contributed by atoms with Crippen molar-refractivity contribution in [2.75, 3.05) is 31.0 Å². The van der Waals surface area contributed by atoms with Crippen LogP contribution in [-0.2, 0) is 0 Å². The van der Waals surface area contributed by atoms with Crippen molar-refractivity contribution in [3.05, 3.63) is 18.1 Å². The predicted molar refractivity (Wildman–Crippen MR) is 80.5 cm³/mol. The number of anilines is 1. The van der Waals surface area contributed by atoms with E-state index in [0.29, 0.717) is 16.9 Å². The first kappa shape index (κ1) is 15.0. The van der Waals surface area contributed by atoms with E-state index in [9.17, 15) is 10.2 Å². The van der Waals surface area contributed by atoms with Crippen LogP contribution in [0.1, 0.15) is 11.6 Å². The fourth-order valence-corrected chi connectivity index (χ4v) is 2.73. The number of thioether (sulfide) groups is 1. The standard InChI is InChI=1S/C12H19N5O2S/c1-20-5-7(3-18)17-9(4-19)8-2-14-11-10(8)15-6-16-12(11)13/h2,6-7,9,14,17-19H,3-5H2,1H3,(H2,13,15,16). The highest BCUT2D eigenvalue weighted by atomic mass is 32.2. The van der Waals surface area contributed by atoms with Crippen molar-refractivity contribution in [1.82, 2.24) is 20.3 Å². The summed E-state index contributed by atoms with van der Waals surface area (Å²) >= 11 is 1.63. The van der Waals surface area contributed by atoms with Crippen LogP contribution >= 0.6 is 11.8 Å². The van der Waals surface area contributed by atoms with Crippen molar-refractivity contribution in [2.45, 2.75) is 12.1 Å². The average Bonchev–Trinajstić information content (AvgIpc) is 2.89. The van der Waals surface area contributed by atoms with E-state index in [4.69, 9.17) is 5.73 Å². The summed E-state index contributed by atoms with van der Waals surface area (Å²) in [7, 11) is 0. The van der Waals surface area contributed by atoms with Gasteiger partial charge in [0, 0.05) is 23.6 Å². The summed E-state index contributed by atoms with van der Waals surface area (Å²) in [6, 6.07) is -0.409. The molecule has 0 fully saturated rings. The Balaban J connectivity index is 2.27. The fraction of sp³-hybridized carbons (Fsp3) is 0.500. The van der Waals surface area contributed by atoms with Crippen molar-refractivity contribution in [3.8, 4) is 0 Å². The third-order valence-electron chi connectivity index (χ3n) is 3.11. The van der Waals surface area contributed by atoms with E-state index < -0.39 is 0 Å². The number of hydrogen-bond acceptors (Lipinski definition) is 7. The lowest BCUT2D eigenvalue weighted by Crippen LogP contribution is -2.39. The molecule has 2 rings (SSSR count). The second-order valence-electron chi connectivity index (χ2n) is 4.46. The highest BCUT2D eigenvalue weighted by molar-refractivity contribution is 7.98. The summed E-state index contributed by atoms with van der Waals surface area (Å²) in [5.74, 6) is 1.13. The lowest BCUT2D eigenvalue weighted by Gasteiger charge is -2.22. The number of hydrogen-bond donors (Lipinski definition) is 5. The van der Waals surface area contributed by atoms with Crippen LogP contribution in [0.5, 0.6) is 0 Å². The van der Waals surface area contributed by atoms with Crippen LogP contribution in [0.15, 0.2) is 12.5 Å². The Morgan fingerprint density at radius 1 is 1.40 bits per heavy atom. The van der Waals surface area contributed by atoms with Crippen LogP contribution in [0.2, 0.25) is 0 Å².